The number of hydrogen-bond donors (Lipinski definition) is 1. The Kier molecular flexibility index (Phi) is 5.37. The Hall–Kier alpha value is -2.77. The number of carbonyl (C=O) groups excluding carboxylic acids is 1. The third-order valence-electron chi connectivity index (χ3n) is 4.48. The molecule has 1 amide bonds. The van der Waals surface area contributed by atoms with E-state index in [1.807, 2.05) is 42.5 Å². The zero-order chi connectivity index (χ0) is 17.6. The lowest BCUT2D eigenvalue weighted by molar-refractivity contribution is -0.111. The smallest absolute Gasteiger partial charge is 0.300 e. The number of rotatable bonds is 3. The molecule has 1 fully saturated rings. The first-order chi connectivity index (χ1) is 12.1. The maximum absolute atomic E-state index is 11.9. The second-order valence-electron chi connectivity index (χ2n) is 6.47. The largest absolute Gasteiger partial charge is 0.370 e. The lowest BCUT2D eigenvalue weighted by Crippen LogP contribution is -2.31. The van der Waals surface area contributed by atoms with Crippen LogP contribution in [0, 0.1) is 11.8 Å². The normalized spacial score (nSPS) is 16.4. The van der Waals surface area contributed by atoms with Crippen LogP contribution in [0.3, 0.4) is 0 Å². The van der Waals surface area contributed by atoms with Crippen molar-refractivity contribution in [1.82, 2.24) is 4.90 Å². The molecule has 3 rings (SSSR count). The van der Waals surface area contributed by atoms with Crippen LogP contribution in [-0.4, -0.2) is 44.0 Å². The monoisotopic (exact) mass is 335 g/mol. The van der Waals surface area contributed by atoms with Crippen molar-refractivity contribution in [1.29, 1.82) is 0 Å². The fourth-order valence-corrected chi connectivity index (χ4v) is 2.97. The minimum Gasteiger partial charge on any atom is -0.370 e. The average molecular weight is 335 g/mol. The lowest BCUT2D eigenvalue weighted by atomic mass is 10.2. The Morgan fingerprint density at radius 1 is 1.16 bits per heavy atom. The van der Waals surface area contributed by atoms with E-state index >= 15 is 0 Å². The molecule has 1 saturated heterocycles. The van der Waals surface area contributed by atoms with Gasteiger partial charge in [-0.25, -0.2) is 0 Å². The van der Waals surface area contributed by atoms with Crippen molar-refractivity contribution < 1.29 is 6.22 Å². The van der Waals surface area contributed by atoms with Crippen molar-refractivity contribution in [3.05, 3.63) is 60.2 Å². The molecule has 1 atom stereocenters. The van der Waals surface area contributed by atoms with Crippen molar-refractivity contribution in [2.45, 2.75) is 12.5 Å². The van der Waals surface area contributed by atoms with Crippen LogP contribution in [0.4, 0.5) is 11.4 Å². The third kappa shape index (κ3) is 4.62. The van der Waals surface area contributed by atoms with Crippen LogP contribution >= 0.6 is 0 Å². The second-order valence-corrected chi connectivity index (χ2v) is 6.47. The molecule has 0 radical (unpaired) electrons. The molecule has 2 aromatic rings. The number of nitrogens with zero attached hydrogens (tertiary/aromatic N) is 2. The number of hydrogen-bond acceptors (Lipinski definition) is 3. The van der Waals surface area contributed by atoms with Crippen LogP contribution in [0.1, 0.15) is 13.4 Å². The van der Waals surface area contributed by atoms with Crippen molar-refractivity contribution in [2.75, 3.05) is 37.4 Å². The second kappa shape index (κ2) is 7.87. The van der Waals surface area contributed by atoms with E-state index in [2.05, 4.69) is 53.2 Å². The van der Waals surface area contributed by atoms with Crippen LogP contribution in [0.5, 0.6) is 0 Å². The van der Waals surface area contributed by atoms with Crippen LogP contribution in [-0.2, 0) is 4.79 Å². The van der Waals surface area contributed by atoms with E-state index in [-0.39, 0.29) is 7.33 Å². The number of nitrogens with one attached hydrogen (secondary N) is 1. The van der Waals surface area contributed by atoms with Crippen molar-refractivity contribution in [3.8, 4) is 11.8 Å². The lowest BCUT2D eigenvalue weighted by Gasteiger charge is -2.22. The summed E-state index contributed by atoms with van der Waals surface area (Å²) in [5.74, 6) is 5.18. The van der Waals surface area contributed by atoms with Crippen LogP contribution in [0.15, 0.2) is 54.6 Å². The molecule has 1 heterocycles. The van der Waals surface area contributed by atoms with Crippen LogP contribution in [0.2, 0.25) is 0 Å². The van der Waals surface area contributed by atoms with Gasteiger partial charge in [0, 0.05) is 43.4 Å². The molecular formula is C21H25N3O. The first-order valence-electron chi connectivity index (χ1n) is 8.51. The summed E-state index contributed by atoms with van der Waals surface area (Å²) < 4.78 is 0. The predicted octanol–water partition coefficient (Wildman–Crippen LogP) is 3.06. The van der Waals surface area contributed by atoms with E-state index in [1.165, 1.54) is 12.1 Å². The highest BCUT2D eigenvalue weighted by Gasteiger charge is 2.23. The first-order valence-corrected chi connectivity index (χ1v) is 8.51. The molecule has 0 bridgehead atoms. The van der Waals surface area contributed by atoms with Gasteiger partial charge < -0.3 is 15.1 Å². The highest BCUT2D eigenvalue weighted by molar-refractivity contribution is 6.04. The standard InChI is InChI=1S/C21H23N3O.H2/c1-23(2)20-14-15-24(16-20)19-11-9-18(10-12-19)22-21(25)13-8-17-6-4-3-5-7-17;/h3-7,9-12,20H,14-16H2,1-2H3,(H,22,25);1H. The molecule has 2 aromatic carbocycles. The van der Waals surface area contributed by atoms with Gasteiger partial charge in [0.05, 0.1) is 0 Å². The van der Waals surface area contributed by atoms with Gasteiger partial charge in [-0.2, -0.15) is 0 Å². The Labute approximate surface area is 150 Å². The van der Waals surface area contributed by atoms with E-state index in [0.29, 0.717) is 6.04 Å². The fraction of sp³-hybridized carbons (Fsp3) is 0.286. The third-order valence-corrected chi connectivity index (χ3v) is 4.48. The highest BCUT2D eigenvalue weighted by Crippen LogP contribution is 2.23. The Bertz CT molecular complexity index is 778. The predicted molar refractivity (Wildman–Crippen MR) is 105 cm³/mol. The molecule has 0 aliphatic carbocycles. The van der Waals surface area contributed by atoms with E-state index < -0.39 is 0 Å². The highest BCUT2D eigenvalue weighted by atomic mass is 16.1. The quantitative estimate of drug-likeness (QED) is 0.876. The average Bonchev–Trinajstić information content (AvgIpc) is 3.12. The van der Waals surface area contributed by atoms with E-state index in [1.54, 1.807) is 0 Å². The maximum Gasteiger partial charge on any atom is 0.300 e. The number of anilines is 2. The molecule has 0 aromatic heterocycles. The summed E-state index contributed by atoms with van der Waals surface area (Å²) in [4.78, 5) is 16.6. The Balaban J connectivity index is 0.00000243. The zero-order valence-corrected chi connectivity index (χ0v) is 14.7. The Morgan fingerprint density at radius 2 is 1.88 bits per heavy atom. The molecule has 0 spiro atoms. The maximum atomic E-state index is 11.9. The van der Waals surface area contributed by atoms with Gasteiger partial charge in [0.25, 0.3) is 0 Å². The van der Waals surface area contributed by atoms with Crippen LogP contribution in [0.25, 0.3) is 0 Å². The van der Waals surface area contributed by atoms with Gasteiger partial charge in [-0.05, 0) is 56.9 Å². The van der Waals surface area contributed by atoms with Gasteiger partial charge in [-0.3, -0.25) is 4.79 Å². The van der Waals surface area contributed by atoms with Crippen molar-refractivity contribution in [2.24, 2.45) is 0 Å². The zero-order valence-electron chi connectivity index (χ0n) is 14.7. The molecule has 1 N–H and O–H groups in total. The molecule has 1 unspecified atom stereocenters. The summed E-state index contributed by atoms with van der Waals surface area (Å²) >= 11 is 0. The van der Waals surface area contributed by atoms with Crippen molar-refractivity contribution >= 4 is 17.3 Å². The first kappa shape index (κ1) is 17.1. The molecular weight excluding hydrogens is 310 g/mol. The molecule has 4 heteroatoms. The van der Waals surface area contributed by atoms with Gasteiger partial charge in [0.2, 0.25) is 0 Å². The molecule has 130 valence electrons. The minimum absolute atomic E-state index is 0. The van der Waals surface area contributed by atoms with Gasteiger partial charge >= 0.3 is 5.91 Å². The van der Waals surface area contributed by atoms with E-state index in [0.717, 1.165) is 24.3 Å². The molecule has 25 heavy (non-hydrogen) atoms. The molecule has 1 aliphatic heterocycles. The van der Waals surface area contributed by atoms with Crippen molar-refractivity contribution in [3.63, 3.8) is 0 Å². The molecule has 4 nitrogen and oxygen atoms in total. The van der Waals surface area contributed by atoms with Gasteiger partial charge in [-0.1, -0.05) is 24.1 Å². The number of benzene rings is 2. The number of carbonyl (C=O) groups is 1. The fourth-order valence-electron chi connectivity index (χ4n) is 2.97. The van der Waals surface area contributed by atoms with E-state index in [4.69, 9.17) is 0 Å². The van der Waals surface area contributed by atoms with Gasteiger partial charge in [0.15, 0.2) is 0 Å². The minimum atomic E-state index is -0.301. The summed E-state index contributed by atoms with van der Waals surface area (Å²) in [6, 6.07) is 18.1. The summed E-state index contributed by atoms with van der Waals surface area (Å²) in [7, 11) is 4.26. The topological polar surface area (TPSA) is 35.6 Å². The van der Waals surface area contributed by atoms with Gasteiger partial charge in [0.1, 0.15) is 0 Å². The summed E-state index contributed by atoms with van der Waals surface area (Å²) in [5, 5.41) is 2.82. The summed E-state index contributed by atoms with van der Waals surface area (Å²) in [6.45, 7) is 2.11. The number of likely N-dealkylation sites (N-methyl/N-ethyl adjacent to an activating group) is 1. The van der Waals surface area contributed by atoms with E-state index in [9.17, 15) is 4.79 Å². The molecule has 0 saturated carbocycles. The van der Waals surface area contributed by atoms with Gasteiger partial charge in [-0.15, -0.1) is 0 Å². The number of amides is 1. The van der Waals surface area contributed by atoms with Crippen LogP contribution < -0.4 is 10.2 Å². The molecule has 1 aliphatic rings. The SMILES string of the molecule is CN(C)C1CCN(c2ccc(NC(=O)C#Cc3ccccc3)cc2)C1.[HH]. The summed E-state index contributed by atoms with van der Waals surface area (Å²) in [6.07, 6.45) is 1.18. The Morgan fingerprint density at radius 3 is 2.52 bits per heavy atom. The summed E-state index contributed by atoms with van der Waals surface area (Å²) in [5.41, 5.74) is 2.79.